The Morgan fingerprint density at radius 3 is 2.43 bits per heavy atom. The summed E-state index contributed by atoms with van der Waals surface area (Å²) in [7, 11) is 1.39. The monoisotopic (exact) mass is 384 g/mol. The summed E-state index contributed by atoms with van der Waals surface area (Å²) in [6.45, 7) is 3.99. The Morgan fingerprint density at radius 2 is 1.75 bits per heavy atom. The van der Waals surface area contributed by atoms with Crippen molar-refractivity contribution < 1.29 is 23.9 Å². The minimum Gasteiger partial charge on any atom is -0.493 e. The van der Waals surface area contributed by atoms with Gasteiger partial charge in [0.05, 0.1) is 13.0 Å². The van der Waals surface area contributed by atoms with Crippen molar-refractivity contribution in [3.05, 3.63) is 65.2 Å². The number of amides is 3. The van der Waals surface area contributed by atoms with Crippen LogP contribution >= 0.6 is 0 Å². The van der Waals surface area contributed by atoms with Crippen LogP contribution in [0.5, 0.6) is 5.75 Å². The maximum atomic E-state index is 12.3. The minimum absolute atomic E-state index is 0.0377. The summed E-state index contributed by atoms with van der Waals surface area (Å²) >= 11 is 0. The Balaban J connectivity index is 1.98. The molecule has 0 aromatic heterocycles. The summed E-state index contributed by atoms with van der Waals surface area (Å²) in [5, 5.41) is 4.42. The summed E-state index contributed by atoms with van der Waals surface area (Å²) in [6.07, 6.45) is -1.27. The topological polar surface area (TPSA) is 93.7 Å². The van der Waals surface area contributed by atoms with Crippen LogP contribution in [0.4, 0.5) is 4.79 Å². The fraction of sp³-hybridized carbons (Fsp3) is 0.286. The van der Waals surface area contributed by atoms with Crippen molar-refractivity contribution in [1.82, 2.24) is 10.6 Å². The molecule has 1 atom stereocenters. The Kier molecular flexibility index (Phi) is 7.56. The van der Waals surface area contributed by atoms with Crippen molar-refractivity contribution in [3.8, 4) is 5.75 Å². The first-order valence-corrected chi connectivity index (χ1v) is 8.87. The van der Waals surface area contributed by atoms with E-state index in [9.17, 15) is 14.4 Å². The first kappa shape index (κ1) is 21.0. The second-order valence-electron chi connectivity index (χ2n) is 6.22. The van der Waals surface area contributed by atoms with Gasteiger partial charge in [-0.1, -0.05) is 42.5 Å². The maximum absolute atomic E-state index is 12.3. The van der Waals surface area contributed by atoms with Gasteiger partial charge in [0.25, 0.3) is 5.91 Å². The summed E-state index contributed by atoms with van der Waals surface area (Å²) in [6, 6.07) is 13.6. The van der Waals surface area contributed by atoms with E-state index >= 15 is 0 Å². The lowest BCUT2D eigenvalue weighted by Crippen LogP contribution is -2.41. The lowest BCUT2D eigenvalue weighted by Gasteiger charge is -2.17. The molecule has 0 radical (unpaired) electrons. The quantitative estimate of drug-likeness (QED) is 0.716. The largest absolute Gasteiger partial charge is 0.493 e. The van der Waals surface area contributed by atoms with E-state index in [1.54, 1.807) is 30.3 Å². The van der Waals surface area contributed by atoms with Gasteiger partial charge < -0.3 is 14.8 Å². The van der Waals surface area contributed by atoms with Crippen molar-refractivity contribution in [2.24, 2.45) is 0 Å². The Hall–Kier alpha value is -3.35. The molecule has 0 spiro atoms. The number of urea groups is 1. The number of carbonyl (C=O) groups is 3. The predicted octanol–water partition coefficient (Wildman–Crippen LogP) is 2.81. The van der Waals surface area contributed by atoms with Crippen LogP contribution in [0.25, 0.3) is 0 Å². The second-order valence-corrected chi connectivity index (χ2v) is 6.22. The van der Waals surface area contributed by atoms with E-state index in [-0.39, 0.29) is 13.0 Å². The second kappa shape index (κ2) is 10.1. The molecule has 7 nitrogen and oxygen atoms in total. The van der Waals surface area contributed by atoms with Gasteiger partial charge in [0.15, 0.2) is 0 Å². The van der Waals surface area contributed by atoms with Crippen LogP contribution in [0.3, 0.4) is 0 Å². The van der Waals surface area contributed by atoms with E-state index in [0.717, 1.165) is 11.1 Å². The number of benzene rings is 2. The van der Waals surface area contributed by atoms with Gasteiger partial charge in [-0.2, -0.15) is 0 Å². The van der Waals surface area contributed by atoms with Crippen LogP contribution in [0, 0.1) is 13.8 Å². The summed E-state index contributed by atoms with van der Waals surface area (Å²) < 4.78 is 11.0. The van der Waals surface area contributed by atoms with Gasteiger partial charge in [-0.25, -0.2) is 4.79 Å². The van der Waals surface area contributed by atoms with E-state index in [4.69, 9.17) is 9.47 Å². The maximum Gasteiger partial charge on any atom is 0.321 e. The molecular weight excluding hydrogens is 360 g/mol. The SMILES string of the molecule is CNC(=O)NC(=O)C(OC(=O)CCOc1cc(C)ccc1C)c1ccccc1. The third kappa shape index (κ3) is 6.12. The molecule has 2 rings (SSSR count). The highest BCUT2D eigenvalue weighted by atomic mass is 16.6. The number of nitrogens with one attached hydrogen (secondary N) is 2. The molecule has 0 fully saturated rings. The molecule has 148 valence electrons. The molecule has 0 heterocycles. The Bertz CT molecular complexity index is 836. The smallest absolute Gasteiger partial charge is 0.321 e. The Morgan fingerprint density at radius 1 is 1.04 bits per heavy atom. The number of carbonyl (C=O) groups excluding carboxylic acids is 3. The Labute approximate surface area is 164 Å². The van der Waals surface area contributed by atoms with Crippen LogP contribution in [0.15, 0.2) is 48.5 Å². The van der Waals surface area contributed by atoms with Gasteiger partial charge in [0, 0.05) is 12.6 Å². The molecule has 2 aromatic rings. The lowest BCUT2D eigenvalue weighted by molar-refractivity contribution is -0.156. The van der Waals surface area contributed by atoms with Crippen LogP contribution in [0.1, 0.15) is 29.2 Å². The number of rotatable bonds is 7. The van der Waals surface area contributed by atoms with Gasteiger partial charge in [-0.3, -0.25) is 14.9 Å². The standard InChI is InChI=1S/C21H24N2O5/c1-14-9-10-15(2)17(13-14)27-12-11-18(24)28-19(16-7-5-4-6-8-16)20(25)23-21(26)22-3/h4-10,13,19H,11-12H2,1-3H3,(H2,22,23,25,26). The van der Waals surface area contributed by atoms with Crippen molar-refractivity contribution >= 4 is 17.9 Å². The van der Waals surface area contributed by atoms with Crippen molar-refractivity contribution in [3.63, 3.8) is 0 Å². The molecule has 2 N–H and O–H groups in total. The molecule has 2 aromatic carbocycles. The van der Waals surface area contributed by atoms with Gasteiger partial charge in [-0.15, -0.1) is 0 Å². The van der Waals surface area contributed by atoms with Crippen LogP contribution in [-0.2, 0) is 14.3 Å². The van der Waals surface area contributed by atoms with E-state index < -0.39 is 24.0 Å². The first-order chi connectivity index (χ1) is 13.4. The molecule has 0 saturated heterocycles. The summed E-state index contributed by atoms with van der Waals surface area (Å²) in [5.41, 5.74) is 2.48. The van der Waals surface area contributed by atoms with Gasteiger partial charge >= 0.3 is 12.0 Å². The number of ether oxygens (including phenoxy) is 2. The van der Waals surface area contributed by atoms with E-state index in [1.165, 1.54) is 7.05 Å². The van der Waals surface area contributed by atoms with Crippen molar-refractivity contribution in [2.45, 2.75) is 26.4 Å². The van der Waals surface area contributed by atoms with Crippen molar-refractivity contribution in [2.75, 3.05) is 13.7 Å². The zero-order valence-corrected chi connectivity index (χ0v) is 16.2. The number of hydrogen-bond donors (Lipinski definition) is 2. The molecule has 0 aliphatic rings. The average Bonchev–Trinajstić information content (AvgIpc) is 2.69. The van der Waals surface area contributed by atoms with Crippen LogP contribution in [0.2, 0.25) is 0 Å². The molecule has 0 aliphatic heterocycles. The molecule has 28 heavy (non-hydrogen) atoms. The molecule has 0 saturated carbocycles. The zero-order chi connectivity index (χ0) is 20.5. The number of imide groups is 1. The third-order valence-electron chi connectivity index (χ3n) is 3.96. The average molecular weight is 384 g/mol. The van der Waals surface area contributed by atoms with Gasteiger partial charge in [-0.05, 0) is 31.0 Å². The third-order valence-corrected chi connectivity index (χ3v) is 3.96. The fourth-order valence-electron chi connectivity index (χ4n) is 2.44. The highest BCUT2D eigenvalue weighted by molar-refractivity contribution is 5.97. The predicted molar refractivity (Wildman–Crippen MR) is 104 cm³/mol. The lowest BCUT2D eigenvalue weighted by atomic mass is 10.1. The molecular formula is C21H24N2O5. The van der Waals surface area contributed by atoms with Gasteiger partial charge in [0.2, 0.25) is 6.10 Å². The fourth-order valence-corrected chi connectivity index (χ4v) is 2.44. The highest BCUT2D eigenvalue weighted by Crippen LogP contribution is 2.20. The number of esters is 1. The molecule has 7 heteroatoms. The van der Waals surface area contributed by atoms with Crippen LogP contribution in [-0.4, -0.2) is 31.6 Å². The molecule has 1 unspecified atom stereocenters. The highest BCUT2D eigenvalue weighted by Gasteiger charge is 2.26. The first-order valence-electron chi connectivity index (χ1n) is 8.87. The number of aryl methyl sites for hydroxylation is 2. The van der Waals surface area contributed by atoms with E-state index in [0.29, 0.717) is 11.3 Å². The van der Waals surface area contributed by atoms with Crippen molar-refractivity contribution in [1.29, 1.82) is 0 Å². The van der Waals surface area contributed by atoms with E-state index in [1.807, 2.05) is 32.0 Å². The van der Waals surface area contributed by atoms with Crippen LogP contribution < -0.4 is 15.4 Å². The summed E-state index contributed by atoms with van der Waals surface area (Å²) in [4.78, 5) is 36.0. The summed E-state index contributed by atoms with van der Waals surface area (Å²) in [5.74, 6) is -0.634. The normalized spacial score (nSPS) is 11.2. The number of hydrogen-bond acceptors (Lipinski definition) is 5. The minimum atomic E-state index is -1.23. The molecule has 0 aliphatic carbocycles. The zero-order valence-electron chi connectivity index (χ0n) is 16.2. The van der Waals surface area contributed by atoms with E-state index in [2.05, 4.69) is 10.6 Å². The van der Waals surface area contributed by atoms with Gasteiger partial charge in [0.1, 0.15) is 5.75 Å². The molecule has 0 bridgehead atoms. The molecule has 3 amide bonds.